The summed E-state index contributed by atoms with van der Waals surface area (Å²) in [5.41, 5.74) is 1.01. The maximum Gasteiger partial charge on any atom is 0.235 e. The third kappa shape index (κ3) is 4.45. The molecular formula is C15H22N2O4S. The molecule has 22 heavy (non-hydrogen) atoms. The fourth-order valence-electron chi connectivity index (χ4n) is 2.25. The van der Waals surface area contributed by atoms with Crippen LogP contribution < -0.4 is 10.1 Å². The van der Waals surface area contributed by atoms with E-state index < -0.39 is 10.0 Å². The normalized spacial score (nSPS) is 16.4. The van der Waals surface area contributed by atoms with Gasteiger partial charge in [0.15, 0.2) is 0 Å². The topological polar surface area (TPSA) is 75.7 Å². The number of hydrogen-bond donors (Lipinski definition) is 1. The summed E-state index contributed by atoms with van der Waals surface area (Å²) in [6.45, 7) is -0.168. The van der Waals surface area contributed by atoms with Crippen LogP contribution >= 0.6 is 0 Å². The summed E-state index contributed by atoms with van der Waals surface area (Å²) in [5, 5.41) is 2.95. The lowest BCUT2D eigenvalue weighted by Crippen LogP contribution is -2.39. The first-order valence-electron chi connectivity index (χ1n) is 7.16. The second-order valence-electron chi connectivity index (χ2n) is 5.67. The monoisotopic (exact) mass is 326 g/mol. The van der Waals surface area contributed by atoms with Crippen molar-refractivity contribution in [3.8, 4) is 5.75 Å². The smallest absolute Gasteiger partial charge is 0.235 e. The van der Waals surface area contributed by atoms with Crippen LogP contribution in [0.3, 0.4) is 0 Å². The van der Waals surface area contributed by atoms with Gasteiger partial charge in [-0.2, -0.15) is 4.31 Å². The average molecular weight is 326 g/mol. The molecule has 0 bridgehead atoms. The van der Waals surface area contributed by atoms with Gasteiger partial charge in [-0.3, -0.25) is 4.79 Å². The highest BCUT2D eigenvalue weighted by atomic mass is 32.2. The number of sulfonamides is 1. The van der Waals surface area contributed by atoms with E-state index in [-0.39, 0.29) is 18.5 Å². The highest BCUT2D eigenvalue weighted by Crippen LogP contribution is 2.41. The van der Waals surface area contributed by atoms with Crippen LogP contribution in [0, 0.1) is 5.92 Å². The molecule has 0 saturated heterocycles. The molecule has 6 nitrogen and oxygen atoms in total. The zero-order valence-electron chi connectivity index (χ0n) is 13.1. The van der Waals surface area contributed by atoms with E-state index in [1.54, 1.807) is 7.11 Å². The van der Waals surface area contributed by atoms with Crippen molar-refractivity contribution >= 4 is 15.9 Å². The summed E-state index contributed by atoms with van der Waals surface area (Å²) in [6, 6.07) is 7.51. The minimum Gasteiger partial charge on any atom is -0.497 e. The van der Waals surface area contributed by atoms with E-state index in [1.165, 1.54) is 7.05 Å². The van der Waals surface area contributed by atoms with E-state index in [2.05, 4.69) is 5.32 Å². The van der Waals surface area contributed by atoms with Gasteiger partial charge in [-0.15, -0.1) is 0 Å². The number of benzene rings is 1. The van der Waals surface area contributed by atoms with Crippen LogP contribution in [0.4, 0.5) is 0 Å². The molecule has 1 amide bonds. The number of carbonyl (C=O) groups is 1. The molecule has 1 N–H and O–H groups in total. The average Bonchev–Trinajstić information content (AvgIpc) is 3.28. The first-order chi connectivity index (χ1) is 10.3. The van der Waals surface area contributed by atoms with E-state index >= 15 is 0 Å². The Balaban J connectivity index is 2.04. The number of likely N-dealkylation sites (N-methyl/N-ethyl adjacent to an activating group) is 1. The molecule has 0 aliphatic heterocycles. The van der Waals surface area contributed by atoms with E-state index in [0.29, 0.717) is 5.92 Å². The number of ether oxygens (including phenoxy) is 1. The van der Waals surface area contributed by atoms with Gasteiger partial charge in [0.1, 0.15) is 5.75 Å². The molecule has 2 rings (SSSR count). The Morgan fingerprint density at radius 3 is 2.41 bits per heavy atom. The molecule has 0 heterocycles. The summed E-state index contributed by atoms with van der Waals surface area (Å²) in [7, 11) is -0.351. The van der Waals surface area contributed by atoms with Crippen molar-refractivity contribution in [1.82, 2.24) is 9.62 Å². The lowest BCUT2D eigenvalue weighted by atomic mass is 10.0. The maximum absolute atomic E-state index is 12.1. The van der Waals surface area contributed by atoms with Gasteiger partial charge in [0.25, 0.3) is 0 Å². The number of methoxy groups -OCH3 is 1. The molecule has 1 aliphatic rings. The van der Waals surface area contributed by atoms with E-state index in [0.717, 1.165) is 34.7 Å². The van der Waals surface area contributed by atoms with Crippen LogP contribution in [0.2, 0.25) is 0 Å². The Labute approximate surface area is 131 Å². The number of nitrogens with zero attached hydrogens (tertiary/aromatic N) is 1. The third-order valence-electron chi connectivity index (χ3n) is 3.82. The highest BCUT2D eigenvalue weighted by Gasteiger charge is 2.33. The largest absolute Gasteiger partial charge is 0.497 e. The summed E-state index contributed by atoms with van der Waals surface area (Å²) in [5.74, 6) is 0.892. The Kier molecular flexibility index (Phi) is 5.08. The molecule has 0 spiro atoms. The van der Waals surface area contributed by atoms with Crippen molar-refractivity contribution in [3.05, 3.63) is 29.8 Å². The molecule has 1 saturated carbocycles. The molecule has 0 unspecified atom stereocenters. The van der Waals surface area contributed by atoms with Gasteiger partial charge in [-0.05, 0) is 36.5 Å². The van der Waals surface area contributed by atoms with Gasteiger partial charge in [-0.25, -0.2) is 8.42 Å². The molecule has 1 fully saturated rings. The summed E-state index contributed by atoms with van der Waals surface area (Å²) >= 11 is 0. The first kappa shape index (κ1) is 16.8. The summed E-state index contributed by atoms with van der Waals surface area (Å²) in [6.07, 6.45) is 3.22. The SMILES string of the molecule is COc1ccc([C@@H](NC(=O)CN(C)S(C)(=O)=O)C2CC2)cc1. The van der Waals surface area contributed by atoms with Crippen molar-refractivity contribution < 1.29 is 17.9 Å². The number of rotatable bonds is 7. The molecule has 0 aromatic heterocycles. The highest BCUT2D eigenvalue weighted by molar-refractivity contribution is 7.88. The second-order valence-corrected chi connectivity index (χ2v) is 7.76. The van der Waals surface area contributed by atoms with Crippen molar-refractivity contribution in [2.75, 3.05) is 27.0 Å². The predicted octanol–water partition coefficient (Wildman–Crippen LogP) is 1.15. The van der Waals surface area contributed by atoms with Crippen LogP contribution in [0.25, 0.3) is 0 Å². The van der Waals surface area contributed by atoms with Crippen molar-refractivity contribution in [2.24, 2.45) is 5.92 Å². The Hall–Kier alpha value is -1.60. The Morgan fingerprint density at radius 2 is 1.95 bits per heavy atom. The van der Waals surface area contributed by atoms with Crippen LogP contribution in [0.15, 0.2) is 24.3 Å². The number of carbonyl (C=O) groups excluding carboxylic acids is 1. The number of nitrogens with one attached hydrogen (secondary N) is 1. The second kappa shape index (κ2) is 6.66. The molecule has 1 atom stereocenters. The van der Waals surface area contributed by atoms with E-state index in [9.17, 15) is 13.2 Å². The summed E-state index contributed by atoms with van der Waals surface area (Å²) in [4.78, 5) is 12.1. The maximum atomic E-state index is 12.1. The quantitative estimate of drug-likeness (QED) is 0.816. The zero-order valence-corrected chi connectivity index (χ0v) is 13.9. The van der Waals surface area contributed by atoms with Gasteiger partial charge in [0.2, 0.25) is 15.9 Å². The standard InChI is InChI=1S/C15H22N2O4S/c1-17(22(3,19)20)10-14(18)16-15(11-4-5-11)12-6-8-13(21-2)9-7-12/h6-9,11,15H,4-5,10H2,1-3H3,(H,16,18)/t15-/m0/s1. The Bertz CT molecular complexity index is 623. The molecule has 0 radical (unpaired) electrons. The lowest BCUT2D eigenvalue weighted by molar-refractivity contribution is -0.122. The minimum absolute atomic E-state index is 0.0774. The van der Waals surface area contributed by atoms with Crippen molar-refractivity contribution in [1.29, 1.82) is 0 Å². The third-order valence-corrected chi connectivity index (χ3v) is 5.08. The minimum atomic E-state index is -3.36. The molecule has 1 aromatic rings. The molecular weight excluding hydrogens is 304 g/mol. The molecule has 7 heteroatoms. The fraction of sp³-hybridized carbons (Fsp3) is 0.533. The van der Waals surface area contributed by atoms with Crippen LogP contribution in [0.1, 0.15) is 24.4 Å². The molecule has 122 valence electrons. The van der Waals surface area contributed by atoms with Crippen LogP contribution in [0.5, 0.6) is 5.75 Å². The van der Waals surface area contributed by atoms with Crippen LogP contribution in [-0.2, 0) is 14.8 Å². The van der Waals surface area contributed by atoms with Crippen molar-refractivity contribution in [2.45, 2.75) is 18.9 Å². The van der Waals surface area contributed by atoms with Gasteiger partial charge in [-0.1, -0.05) is 12.1 Å². The zero-order chi connectivity index (χ0) is 16.3. The molecule has 1 aliphatic carbocycles. The van der Waals surface area contributed by atoms with Gasteiger partial charge in [0, 0.05) is 7.05 Å². The number of hydrogen-bond acceptors (Lipinski definition) is 4. The first-order valence-corrected chi connectivity index (χ1v) is 9.00. The van der Waals surface area contributed by atoms with Gasteiger partial charge >= 0.3 is 0 Å². The van der Waals surface area contributed by atoms with Crippen molar-refractivity contribution in [3.63, 3.8) is 0 Å². The predicted molar refractivity (Wildman–Crippen MR) is 84.1 cm³/mol. The fourth-order valence-corrected chi connectivity index (χ4v) is 2.60. The lowest BCUT2D eigenvalue weighted by Gasteiger charge is -2.21. The van der Waals surface area contributed by atoms with Gasteiger partial charge in [0.05, 0.1) is 26.0 Å². The van der Waals surface area contributed by atoms with E-state index in [4.69, 9.17) is 4.74 Å². The van der Waals surface area contributed by atoms with E-state index in [1.807, 2.05) is 24.3 Å². The summed E-state index contributed by atoms with van der Waals surface area (Å²) < 4.78 is 28.9. The number of amides is 1. The Morgan fingerprint density at radius 1 is 1.36 bits per heavy atom. The van der Waals surface area contributed by atoms with Crippen LogP contribution in [-0.4, -0.2) is 45.6 Å². The van der Waals surface area contributed by atoms with Gasteiger partial charge < -0.3 is 10.1 Å². The molecule has 1 aromatic carbocycles.